The summed E-state index contributed by atoms with van der Waals surface area (Å²) in [5.74, 6) is -0.732. The van der Waals surface area contributed by atoms with Gasteiger partial charge in [-0.2, -0.15) is 22.7 Å². The molecule has 0 fully saturated rings. The van der Waals surface area contributed by atoms with Crippen molar-refractivity contribution in [3.8, 4) is 22.4 Å². The summed E-state index contributed by atoms with van der Waals surface area (Å²) in [7, 11) is 0. The molecule has 0 saturated carbocycles. The highest BCUT2D eigenvalue weighted by molar-refractivity contribution is 6.33. The normalized spacial score (nSPS) is 17.4. The van der Waals surface area contributed by atoms with Gasteiger partial charge in [0.05, 0.1) is 30.5 Å². The first kappa shape index (κ1) is 33.4. The van der Waals surface area contributed by atoms with Gasteiger partial charge in [0, 0.05) is 22.3 Å². The number of carbonyl (C=O) groups excluding carboxylic acids is 2. The highest BCUT2D eigenvalue weighted by atomic mass is 35.5. The van der Waals surface area contributed by atoms with Gasteiger partial charge in [0.25, 0.3) is 5.91 Å². The Morgan fingerprint density at radius 3 is 2.34 bits per heavy atom. The molecule has 2 aromatic carbocycles. The molecule has 47 heavy (non-hydrogen) atoms. The lowest BCUT2D eigenvalue weighted by Gasteiger charge is -2.34. The van der Waals surface area contributed by atoms with Crippen LogP contribution < -0.4 is 11.5 Å². The third-order valence-electron chi connectivity index (χ3n) is 7.63. The van der Waals surface area contributed by atoms with Gasteiger partial charge in [0.2, 0.25) is 0 Å². The van der Waals surface area contributed by atoms with Crippen LogP contribution >= 0.6 is 11.6 Å². The molecule has 5 rings (SSSR count). The Morgan fingerprint density at radius 1 is 1.04 bits per heavy atom. The Hall–Kier alpha value is -4.92. The van der Waals surface area contributed by atoms with Gasteiger partial charge in [-0.15, -0.1) is 0 Å². The standard InChI is InChI=1S/C31H31ClF4N8O3/c1-30(2,3)15-31(20-7-4-17(5-8-20)19-11-40-43(13-19)27(35)36)25(45)44(28(37)41-31)24(14-47-29(38)46)18-6-9-22(32)21(10-18)23-12-39-16-42(23)26(33)34/h4-13,16,24,26-27H,14-15H2,1-3H3,(H2,37,41)(H2,38,46)/t24-,31-/m1/s1. The molecule has 11 nitrogen and oxygen atoms in total. The van der Waals surface area contributed by atoms with Gasteiger partial charge >= 0.3 is 19.2 Å². The molecule has 0 radical (unpaired) electrons. The van der Waals surface area contributed by atoms with E-state index in [0.29, 0.717) is 31.5 Å². The maximum absolute atomic E-state index is 14.7. The van der Waals surface area contributed by atoms with Gasteiger partial charge in [-0.25, -0.2) is 19.5 Å². The van der Waals surface area contributed by atoms with Gasteiger partial charge < -0.3 is 16.2 Å². The van der Waals surface area contributed by atoms with Crippen molar-refractivity contribution in [1.29, 1.82) is 0 Å². The van der Waals surface area contributed by atoms with Crippen LogP contribution in [0, 0.1) is 5.41 Å². The molecule has 2 amide bonds. The Balaban J connectivity index is 1.58. The van der Waals surface area contributed by atoms with Gasteiger partial charge in [-0.1, -0.05) is 62.7 Å². The lowest BCUT2D eigenvalue weighted by atomic mass is 9.75. The van der Waals surface area contributed by atoms with Gasteiger partial charge in [-0.3, -0.25) is 14.3 Å². The van der Waals surface area contributed by atoms with Gasteiger partial charge in [-0.05, 0) is 40.7 Å². The molecular weight excluding hydrogens is 644 g/mol. The van der Waals surface area contributed by atoms with Crippen molar-refractivity contribution in [2.75, 3.05) is 6.61 Å². The summed E-state index contributed by atoms with van der Waals surface area (Å²) in [4.78, 5) is 36.1. The quantitative estimate of drug-likeness (QED) is 0.184. The van der Waals surface area contributed by atoms with E-state index in [1.165, 1.54) is 35.6 Å². The van der Waals surface area contributed by atoms with Crippen LogP contribution in [0.15, 0.2) is 72.4 Å². The summed E-state index contributed by atoms with van der Waals surface area (Å²) in [6.07, 6.45) is 3.78. The predicted molar refractivity (Wildman–Crippen MR) is 165 cm³/mol. The molecule has 3 heterocycles. The number of rotatable bonds is 10. The molecule has 0 unspecified atom stereocenters. The van der Waals surface area contributed by atoms with Crippen LogP contribution in [0.4, 0.5) is 22.4 Å². The van der Waals surface area contributed by atoms with Crippen molar-refractivity contribution >= 4 is 29.6 Å². The minimum absolute atomic E-state index is 0.0112. The van der Waals surface area contributed by atoms with E-state index in [9.17, 15) is 27.2 Å². The van der Waals surface area contributed by atoms with E-state index in [2.05, 4.69) is 10.1 Å². The number of nitrogens with two attached hydrogens (primary N) is 2. The first-order chi connectivity index (χ1) is 22.1. The topological polar surface area (TPSA) is 147 Å². The number of halogens is 5. The number of alkyl halides is 4. The number of amides is 2. The van der Waals surface area contributed by atoms with Crippen molar-refractivity contribution in [2.24, 2.45) is 21.9 Å². The molecule has 1 aliphatic rings. The minimum atomic E-state index is -2.91. The average Bonchev–Trinajstić information content (AvgIpc) is 3.73. The SMILES string of the molecule is CC(C)(C)C[C@]1(c2ccc(-c3cnn(C(F)F)c3)cc2)N=C(N)N([C@H](COC(N)=O)c2ccc(Cl)c(-c3cncn3C(F)F)c2)C1=O. The van der Waals surface area contributed by atoms with Gasteiger partial charge in [0.1, 0.15) is 6.61 Å². The highest BCUT2D eigenvalue weighted by Crippen LogP contribution is 2.45. The number of ether oxygens (including phenoxy) is 1. The van der Waals surface area contributed by atoms with Crippen LogP contribution in [0.1, 0.15) is 57.5 Å². The molecule has 0 saturated heterocycles. The number of hydrogen-bond acceptors (Lipinski definition) is 7. The van der Waals surface area contributed by atoms with Crippen LogP contribution in [-0.2, 0) is 15.1 Å². The summed E-state index contributed by atoms with van der Waals surface area (Å²) in [5, 5.41) is 3.80. The summed E-state index contributed by atoms with van der Waals surface area (Å²) in [6.45, 7) is -0.384. The number of carbonyl (C=O) groups is 2. The smallest absolute Gasteiger partial charge is 0.404 e. The Morgan fingerprint density at radius 2 is 1.74 bits per heavy atom. The van der Waals surface area contributed by atoms with E-state index in [1.54, 1.807) is 30.3 Å². The number of benzene rings is 2. The van der Waals surface area contributed by atoms with Crippen LogP contribution in [0.25, 0.3) is 22.4 Å². The Labute approximate surface area is 271 Å². The fraction of sp³-hybridized carbons (Fsp3) is 0.323. The number of hydrogen-bond donors (Lipinski definition) is 2. The lowest BCUT2D eigenvalue weighted by molar-refractivity contribution is -0.135. The van der Waals surface area contributed by atoms with Crippen LogP contribution in [-0.4, -0.2) is 48.8 Å². The molecule has 2 atom stereocenters. The number of nitrogens with zero attached hydrogens (tertiary/aromatic N) is 6. The zero-order valence-electron chi connectivity index (χ0n) is 25.4. The first-order valence-corrected chi connectivity index (χ1v) is 14.6. The summed E-state index contributed by atoms with van der Waals surface area (Å²) >= 11 is 6.42. The van der Waals surface area contributed by atoms with Crippen molar-refractivity contribution in [3.63, 3.8) is 0 Å². The second-order valence-corrected chi connectivity index (χ2v) is 12.6. The summed E-state index contributed by atoms with van der Waals surface area (Å²) < 4.78 is 59.9. The molecule has 1 aliphatic heterocycles. The van der Waals surface area contributed by atoms with Crippen LogP contribution in [0.5, 0.6) is 0 Å². The Kier molecular flexibility index (Phi) is 9.04. The van der Waals surface area contributed by atoms with E-state index in [-0.39, 0.29) is 28.7 Å². The number of aromatic nitrogens is 4. The van der Waals surface area contributed by atoms with E-state index in [4.69, 9.17) is 32.8 Å². The highest BCUT2D eigenvalue weighted by Gasteiger charge is 2.53. The molecule has 0 aliphatic carbocycles. The minimum Gasteiger partial charge on any atom is -0.447 e. The number of primary amides is 1. The van der Waals surface area contributed by atoms with E-state index < -0.39 is 48.7 Å². The maximum Gasteiger partial charge on any atom is 0.404 e. The molecule has 2 aromatic heterocycles. The number of imidazole rings is 1. The zero-order valence-corrected chi connectivity index (χ0v) is 26.2. The van der Waals surface area contributed by atoms with Crippen molar-refractivity contribution in [2.45, 2.75) is 51.9 Å². The van der Waals surface area contributed by atoms with E-state index >= 15 is 0 Å². The number of guanidine groups is 1. The van der Waals surface area contributed by atoms with Gasteiger partial charge in [0.15, 0.2) is 11.5 Å². The van der Waals surface area contributed by atoms with E-state index in [0.717, 1.165) is 6.33 Å². The molecule has 4 N–H and O–H groups in total. The Bertz CT molecular complexity index is 1820. The molecule has 0 bridgehead atoms. The predicted octanol–water partition coefficient (Wildman–Crippen LogP) is 6.48. The van der Waals surface area contributed by atoms with E-state index in [1.807, 2.05) is 20.8 Å². The molecule has 248 valence electrons. The number of aliphatic imine (C=N–C) groups is 1. The molecule has 4 aromatic rings. The van der Waals surface area contributed by atoms with Crippen molar-refractivity contribution in [1.82, 2.24) is 24.2 Å². The van der Waals surface area contributed by atoms with Crippen molar-refractivity contribution < 1.29 is 31.9 Å². The zero-order chi connectivity index (χ0) is 34.3. The summed E-state index contributed by atoms with van der Waals surface area (Å²) in [6, 6.07) is 10.0. The second kappa shape index (κ2) is 12.7. The largest absolute Gasteiger partial charge is 0.447 e. The molecular formula is C31H31ClF4N8O3. The maximum atomic E-state index is 14.7. The monoisotopic (exact) mass is 674 g/mol. The fourth-order valence-corrected chi connectivity index (χ4v) is 5.92. The first-order valence-electron chi connectivity index (χ1n) is 14.3. The van der Waals surface area contributed by atoms with Crippen molar-refractivity contribution in [3.05, 3.63) is 83.5 Å². The lowest BCUT2D eigenvalue weighted by Crippen LogP contribution is -2.47. The fourth-order valence-electron chi connectivity index (χ4n) is 5.70. The molecule has 0 spiro atoms. The van der Waals surface area contributed by atoms with Crippen LogP contribution in [0.3, 0.4) is 0 Å². The summed E-state index contributed by atoms with van der Waals surface area (Å²) in [5.41, 5.74) is 11.8. The third kappa shape index (κ3) is 6.66. The average molecular weight is 675 g/mol. The second-order valence-electron chi connectivity index (χ2n) is 12.2. The molecule has 16 heteroatoms. The van der Waals surface area contributed by atoms with Crippen LogP contribution in [0.2, 0.25) is 5.02 Å². The third-order valence-corrected chi connectivity index (χ3v) is 7.96.